The molecule has 0 radical (unpaired) electrons. The summed E-state index contributed by atoms with van der Waals surface area (Å²) in [4.78, 5) is -0.554. The number of rotatable bonds is 6. The van der Waals surface area contributed by atoms with Crippen LogP contribution in [0, 0.1) is 5.21 Å². The third kappa shape index (κ3) is 3.87. The Kier molecular flexibility index (Phi) is 5.44. The second-order valence-corrected chi connectivity index (χ2v) is 9.54. The van der Waals surface area contributed by atoms with Gasteiger partial charge in [-0.15, -0.1) is 0 Å². The standard InChI is InChI=1S/C18H16N2O7S2/c1-26-13-5-3-7-15(11-13)28(22,23)17-9-10-18(20(21)19-17)29(24,25)16-8-4-6-14(12-16)27-2/h3-12H,1-2H3. The van der Waals surface area contributed by atoms with E-state index in [4.69, 9.17) is 9.47 Å². The number of benzene rings is 2. The Bertz CT molecular complexity index is 1270. The molecule has 0 atom stereocenters. The van der Waals surface area contributed by atoms with Crippen molar-refractivity contribution in [2.45, 2.75) is 19.8 Å². The van der Waals surface area contributed by atoms with Crippen molar-refractivity contribution in [2.75, 3.05) is 14.2 Å². The molecule has 0 aliphatic carbocycles. The van der Waals surface area contributed by atoms with Crippen LogP contribution in [-0.2, 0) is 19.7 Å². The molecule has 0 aliphatic heterocycles. The highest BCUT2D eigenvalue weighted by Gasteiger charge is 2.31. The molecule has 0 spiro atoms. The Labute approximate surface area is 167 Å². The summed E-state index contributed by atoms with van der Waals surface area (Å²) in [6.07, 6.45) is 0. The van der Waals surface area contributed by atoms with Crippen LogP contribution in [0.5, 0.6) is 11.5 Å². The van der Waals surface area contributed by atoms with Gasteiger partial charge in [-0.05, 0) is 47.3 Å². The Morgan fingerprint density at radius 1 is 0.793 bits per heavy atom. The quantitative estimate of drug-likeness (QED) is 0.419. The number of methoxy groups -OCH3 is 2. The fourth-order valence-electron chi connectivity index (χ4n) is 2.49. The molecule has 0 unspecified atom stereocenters. The van der Waals surface area contributed by atoms with E-state index >= 15 is 0 Å². The summed E-state index contributed by atoms with van der Waals surface area (Å²) in [6.45, 7) is 0. The molecule has 1 heterocycles. The third-order valence-electron chi connectivity index (χ3n) is 4.00. The third-order valence-corrected chi connectivity index (χ3v) is 7.36. The van der Waals surface area contributed by atoms with Gasteiger partial charge in [0.25, 0.3) is 9.84 Å². The van der Waals surface area contributed by atoms with Gasteiger partial charge in [0.1, 0.15) is 11.5 Å². The highest BCUT2D eigenvalue weighted by Crippen LogP contribution is 2.25. The summed E-state index contributed by atoms with van der Waals surface area (Å²) in [7, 11) is -5.65. The van der Waals surface area contributed by atoms with E-state index in [2.05, 4.69) is 5.10 Å². The summed E-state index contributed by atoms with van der Waals surface area (Å²) in [5.41, 5.74) is 0. The first-order valence-electron chi connectivity index (χ1n) is 8.09. The highest BCUT2D eigenvalue weighted by atomic mass is 32.2. The van der Waals surface area contributed by atoms with Crippen molar-refractivity contribution in [1.82, 2.24) is 5.10 Å². The van der Waals surface area contributed by atoms with Crippen LogP contribution in [-0.4, -0.2) is 36.2 Å². The molecule has 11 heteroatoms. The van der Waals surface area contributed by atoms with E-state index in [0.717, 1.165) is 12.1 Å². The maximum absolute atomic E-state index is 12.8. The van der Waals surface area contributed by atoms with Crippen molar-refractivity contribution in [3.05, 3.63) is 65.9 Å². The minimum absolute atomic E-state index is 0.146. The van der Waals surface area contributed by atoms with E-state index in [1.165, 1.54) is 50.6 Å². The molecule has 0 saturated heterocycles. The molecule has 2 aromatic carbocycles. The lowest BCUT2D eigenvalue weighted by Gasteiger charge is -2.08. The molecule has 0 saturated carbocycles. The topological polar surface area (TPSA) is 127 Å². The minimum atomic E-state index is -4.25. The van der Waals surface area contributed by atoms with Crippen LogP contribution < -0.4 is 14.3 Å². The van der Waals surface area contributed by atoms with Crippen LogP contribution in [0.4, 0.5) is 0 Å². The minimum Gasteiger partial charge on any atom is -0.593 e. The first-order valence-corrected chi connectivity index (χ1v) is 11.1. The first kappa shape index (κ1) is 20.6. The second kappa shape index (κ2) is 7.68. The lowest BCUT2D eigenvalue weighted by atomic mass is 10.3. The fourth-order valence-corrected chi connectivity index (χ4v) is 4.96. The zero-order valence-corrected chi connectivity index (χ0v) is 17.0. The van der Waals surface area contributed by atoms with Crippen LogP contribution in [0.2, 0.25) is 0 Å². The van der Waals surface area contributed by atoms with E-state index in [0.29, 0.717) is 5.75 Å². The van der Waals surface area contributed by atoms with Crippen molar-refractivity contribution in [3.8, 4) is 11.5 Å². The van der Waals surface area contributed by atoms with Crippen molar-refractivity contribution in [3.63, 3.8) is 0 Å². The molecular formula is C18H16N2O7S2. The molecule has 0 bridgehead atoms. The van der Waals surface area contributed by atoms with Crippen molar-refractivity contribution in [1.29, 1.82) is 0 Å². The van der Waals surface area contributed by atoms with Gasteiger partial charge in [-0.3, -0.25) is 0 Å². The maximum Gasteiger partial charge on any atom is 0.339 e. The van der Waals surface area contributed by atoms with Gasteiger partial charge in [0.2, 0.25) is 14.9 Å². The summed E-state index contributed by atoms with van der Waals surface area (Å²) in [6, 6.07) is 13.0. The molecule has 0 N–H and O–H groups in total. The van der Waals surface area contributed by atoms with Crippen LogP contribution in [0.25, 0.3) is 0 Å². The zero-order chi connectivity index (χ0) is 21.2. The van der Waals surface area contributed by atoms with E-state index in [1.54, 1.807) is 12.1 Å². The molecule has 29 heavy (non-hydrogen) atoms. The number of sulfone groups is 2. The molecular weight excluding hydrogens is 420 g/mol. The molecule has 3 aromatic rings. The first-order chi connectivity index (χ1) is 13.7. The van der Waals surface area contributed by atoms with Gasteiger partial charge in [0, 0.05) is 11.2 Å². The summed E-state index contributed by atoms with van der Waals surface area (Å²) in [5, 5.41) is 14.4. The van der Waals surface area contributed by atoms with Gasteiger partial charge in [-0.2, -0.15) is 0 Å². The summed E-state index contributed by atoms with van der Waals surface area (Å²) < 4.78 is 61.0. The lowest BCUT2D eigenvalue weighted by molar-refractivity contribution is -0.711. The Morgan fingerprint density at radius 2 is 1.31 bits per heavy atom. The molecule has 1 aromatic heterocycles. The molecule has 152 valence electrons. The lowest BCUT2D eigenvalue weighted by Crippen LogP contribution is -2.39. The fraction of sp³-hybridized carbons (Fsp3) is 0.111. The van der Waals surface area contributed by atoms with Crippen LogP contribution >= 0.6 is 0 Å². The van der Waals surface area contributed by atoms with Crippen LogP contribution in [0.3, 0.4) is 0 Å². The summed E-state index contributed by atoms with van der Waals surface area (Å²) in [5.74, 6) is 0.590. The number of aromatic nitrogens is 2. The van der Waals surface area contributed by atoms with E-state index in [1.807, 2.05) is 0 Å². The average Bonchev–Trinajstić information content (AvgIpc) is 2.73. The van der Waals surface area contributed by atoms with Gasteiger partial charge in [-0.1, -0.05) is 12.1 Å². The molecule has 0 amide bonds. The molecule has 0 aliphatic rings. The molecule has 9 nitrogen and oxygen atoms in total. The molecule has 0 fully saturated rings. The Hall–Kier alpha value is -3.18. The van der Waals surface area contributed by atoms with Gasteiger partial charge >= 0.3 is 5.03 Å². The SMILES string of the molecule is COc1cccc(S(=O)(=O)c2ccc(S(=O)(=O)c3cccc(OC)c3)[n+]([O-])n2)c1. The zero-order valence-electron chi connectivity index (χ0n) is 15.3. The Balaban J connectivity index is 2.06. The Morgan fingerprint density at radius 3 is 1.79 bits per heavy atom. The maximum atomic E-state index is 12.8. The van der Waals surface area contributed by atoms with E-state index < -0.39 is 29.7 Å². The van der Waals surface area contributed by atoms with Crippen molar-refractivity contribution < 1.29 is 31.2 Å². The normalized spacial score (nSPS) is 11.8. The predicted molar refractivity (Wildman–Crippen MR) is 100 cm³/mol. The van der Waals surface area contributed by atoms with E-state index in [-0.39, 0.29) is 20.4 Å². The molecule has 3 rings (SSSR count). The monoisotopic (exact) mass is 436 g/mol. The van der Waals surface area contributed by atoms with Crippen LogP contribution in [0.1, 0.15) is 0 Å². The number of ether oxygens (including phenoxy) is 2. The average molecular weight is 436 g/mol. The second-order valence-electron chi connectivity index (χ2n) is 5.75. The number of nitrogens with zero attached hydrogens (tertiary/aromatic N) is 2. The van der Waals surface area contributed by atoms with Crippen LogP contribution in [0.15, 0.2) is 80.5 Å². The summed E-state index contributed by atoms with van der Waals surface area (Å²) >= 11 is 0. The number of hydrogen-bond acceptors (Lipinski definition) is 8. The highest BCUT2D eigenvalue weighted by molar-refractivity contribution is 7.91. The number of hydrogen-bond donors (Lipinski definition) is 0. The van der Waals surface area contributed by atoms with Gasteiger partial charge in [0.05, 0.1) is 24.0 Å². The van der Waals surface area contributed by atoms with Gasteiger partial charge in [-0.25, -0.2) is 16.8 Å². The largest absolute Gasteiger partial charge is 0.593 e. The predicted octanol–water partition coefficient (Wildman–Crippen LogP) is 1.40. The van der Waals surface area contributed by atoms with E-state index in [9.17, 15) is 22.0 Å². The van der Waals surface area contributed by atoms with Crippen molar-refractivity contribution in [2.24, 2.45) is 0 Å². The van der Waals surface area contributed by atoms with Gasteiger partial charge in [0.15, 0.2) is 0 Å². The van der Waals surface area contributed by atoms with Gasteiger partial charge < -0.3 is 14.7 Å². The van der Waals surface area contributed by atoms with Crippen molar-refractivity contribution >= 4 is 19.7 Å². The smallest absolute Gasteiger partial charge is 0.339 e.